The fourth-order valence-corrected chi connectivity index (χ4v) is 2.10. The minimum absolute atomic E-state index is 0.0810. The Hall–Kier alpha value is -0.610. The van der Waals surface area contributed by atoms with Crippen LogP contribution in [0, 0.1) is 5.92 Å². The number of hydrogen-bond acceptors (Lipinski definition) is 3. The molecule has 4 heteroatoms. The molecule has 0 bridgehead atoms. The third kappa shape index (κ3) is 3.76. The van der Waals surface area contributed by atoms with Crippen molar-refractivity contribution in [2.24, 2.45) is 5.92 Å². The Balaban J connectivity index is 2.24. The summed E-state index contributed by atoms with van der Waals surface area (Å²) in [6.45, 7) is 5.12. The van der Waals surface area contributed by atoms with Gasteiger partial charge in [-0.3, -0.25) is 4.79 Å². The molecule has 0 aliphatic carbocycles. The highest BCUT2D eigenvalue weighted by Crippen LogP contribution is 2.14. The quantitative estimate of drug-likeness (QED) is 0.716. The van der Waals surface area contributed by atoms with Gasteiger partial charge in [0.15, 0.2) is 0 Å². The molecule has 2 atom stereocenters. The maximum Gasteiger partial charge on any atom is 0.249 e. The van der Waals surface area contributed by atoms with E-state index in [0.717, 1.165) is 25.7 Å². The van der Waals surface area contributed by atoms with Crippen molar-refractivity contribution in [3.63, 3.8) is 0 Å². The molecule has 1 aliphatic rings. The standard InChI is InChI=1S/C12H23NO3/c1-3-9(4-2)10(14)8-13-12(15)11-6-5-7-16-11/h9-11,14H,3-8H2,1-2H3,(H,13,15). The van der Waals surface area contributed by atoms with E-state index in [4.69, 9.17) is 4.74 Å². The smallest absolute Gasteiger partial charge is 0.249 e. The second-order valence-corrected chi connectivity index (χ2v) is 4.39. The third-order valence-corrected chi connectivity index (χ3v) is 3.30. The summed E-state index contributed by atoms with van der Waals surface area (Å²) in [6.07, 6.45) is 2.88. The Kier molecular flexibility index (Phi) is 5.77. The Morgan fingerprint density at radius 1 is 1.50 bits per heavy atom. The molecule has 2 unspecified atom stereocenters. The van der Waals surface area contributed by atoms with Gasteiger partial charge in [0.1, 0.15) is 6.10 Å². The Morgan fingerprint density at radius 3 is 2.69 bits per heavy atom. The van der Waals surface area contributed by atoms with Gasteiger partial charge in [0, 0.05) is 13.2 Å². The fraction of sp³-hybridized carbons (Fsp3) is 0.917. The predicted octanol–water partition coefficient (Wildman–Crippen LogP) is 1.08. The SMILES string of the molecule is CCC(CC)C(O)CNC(=O)C1CCCO1. The van der Waals surface area contributed by atoms with Crippen molar-refractivity contribution in [2.75, 3.05) is 13.2 Å². The molecule has 0 saturated carbocycles. The molecule has 1 fully saturated rings. The molecule has 1 rings (SSSR count). The highest BCUT2D eigenvalue weighted by atomic mass is 16.5. The van der Waals surface area contributed by atoms with Crippen molar-refractivity contribution in [2.45, 2.75) is 51.7 Å². The molecule has 16 heavy (non-hydrogen) atoms. The average molecular weight is 229 g/mol. The van der Waals surface area contributed by atoms with Crippen LogP contribution in [0.4, 0.5) is 0 Å². The van der Waals surface area contributed by atoms with Gasteiger partial charge in [-0.05, 0) is 18.8 Å². The zero-order valence-electron chi connectivity index (χ0n) is 10.2. The average Bonchev–Trinajstić information content (AvgIpc) is 2.81. The summed E-state index contributed by atoms with van der Waals surface area (Å²) in [7, 11) is 0. The molecule has 1 saturated heterocycles. The number of hydrogen-bond donors (Lipinski definition) is 2. The normalized spacial score (nSPS) is 22.4. The van der Waals surface area contributed by atoms with Gasteiger partial charge in [0.05, 0.1) is 6.10 Å². The van der Waals surface area contributed by atoms with Gasteiger partial charge in [-0.15, -0.1) is 0 Å². The molecule has 1 heterocycles. The van der Waals surface area contributed by atoms with Crippen LogP contribution in [0.25, 0.3) is 0 Å². The van der Waals surface area contributed by atoms with Crippen molar-refractivity contribution >= 4 is 5.91 Å². The molecule has 2 N–H and O–H groups in total. The highest BCUT2D eigenvalue weighted by Gasteiger charge is 2.24. The molecule has 4 nitrogen and oxygen atoms in total. The lowest BCUT2D eigenvalue weighted by Gasteiger charge is -2.21. The molecule has 1 amide bonds. The Labute approximate surface area is 97.4 Å². The molecule has 0 aromatic rings. The Morgan fingerprint density at radius 2 is 2.19 bits per heavy atom. The van der Waals surface area contributed by atoms with Gasteiger partial charge >= 0.3 is 0 Å². The lowest BCUT2D eigenvalue weighted by atomic mass is 9.96. The lowest BCUT2D eigenvalue weighted by molar-refractivity contribution is -0.130. The summed E-state index contributed by atoms with van der Waals surface area (Å²) in [5, 5.41) is 12.6. The largest absolute Gasteiger partial charge is 0.391 e. The summed E-state index contributed by atoms with van der Waals surface area (Å²) >= 11 is 0. The second kappa shape index (κ2) is 6.86. The minimum atomic E-state index is -0.444. The maximum atomic E-state index is 11.6. The first-order chi connectivity index (χ1) is 7.69. The first-order valence-corrected chi connectivity index (χ1v) is 6.26. The molecule has 1 aliphatic heterocycles. The lowest BCUT2D eigenvalue weighted by Crippen LogP contribution is -2.40. The zero-order valence-corrected chi connectivity index (χ0v) is 10.2. The summed E-state index contributed by atoms with van der Waals surface area (Å²) < 4.78 is 5.27. The third-order valence-electron chi connectivity index (χ3n) is 3.30. The summed E-state index contributed by atoms with van der Waals surface area (Å²) in [5.41, 5.74) is 0. The minimum Gasteiger partial charge on any atom is -0.391 e. The number of nitrogens with one attached hydrogen (secondary N) is 1. The highest BCUT2D eigenvalue weighted by molar-refractivity contribution is 5.80. The van der Waals surface area contributed by atoms with Crippen LogP contribution >= 0.6 is 0 Å². The van der Waals surface area contributed by atoms with E-state index in [2.05, 4.69) is 19.2 Å². The topological polar surface area (TPSA) is 58.6 Å². The number of aliphatic hydroxyl groups excluding tert-OH is 1. The van der Waals surface area contributed by atoms with Gasteiger partial charge in [0.2, 0.25) is 5.91 Å². The number of rotatable bonds is 6. The van der Waals surface area contributed by atoms with Crippen LogP contribution in [0.15, 0.2) is 0 Å². The summed E-state index contributed by atoms with van der Waals surface area (Å²) in [6, 6.07) is 0. The maximum absolute atomic E-state index is 11.6. The van der Waals surface area contributed by atoms with Crippen LogP contribution < -0.4 is 5.32 Å². The monoisotopic (exact) mass is 229 g/mol. The van der Waals surface area contributed by atoms with Crippen molar-refractivity contribution in [3.05, 3.63) is 0 Å². The van der Waals surface area contributed by atoms with Crippen molar-refractivity contribution in [3.8, 4) is 0 Å². The molecular formula is C12H23NO3. The summed E-state index contributed by atoms with van der Waals surface area (Å²) in [5.74, 6) is 0.187. The number of carbonyl (C=O) groups excluding carboxylic acids is 1. The van der Waals surface area contributed by atoms with E-state index in [0.29, 0.717) is 13.2 Å². The van der Waals surface area contributed by atoms with Gasteiger partial charge in [-0.2, -0.15) is 0 Å². The molecule has 0 spiro atoms. The van der Waals surface area contributed by atoms with Crippen molar-refractivity contribution in [1.82, 2.24) is 5.32 Å². The summed E-state index contributed by atoms with van der Waals surface area (Å²) in [4.78, 5) is 11.6. The van der Waals surface area contributed by atoms with Crippen LogP contribution in [0.1, 0.15) is 39.5 Å². The molecule has 0 radical (unpaired) electrons. The van der Waals surface area contributed by atoms with Crippen LogP contribution in [-0.2, 0) is 9.53 Å². The number of amides is 1. The van der Waals surface area contributed by atoms with Gasteiger partial charge in [-0.25, -0.2) is 0 Å². The molecular weight excluding hydrogens is 206 g/mol. The van der Waals surface area contributed by atoms with Crippen molar-refractivity contribution in [1.29, 1.82) is 0 Å². The van der Waals surface area contributed by atoms with E-state index < -0.39 is 6.10 Å². The first-order valence-electron chi connectivity index (χ1n) is 6.26. The van der Waals surface area contributed by atoms with Gasteiger partial charge < -0.3 is 15.2 Å². The predicted molar refractivity (Wildman–Crippen MR) is 62.1 cm³/mol. The van der Waals surface area contributed by atoms with Crippen LogP contribution in [0.2, 0.25) is 0 Å². The van der Waals surface area contributed by atoms with Crippen LogP contribution in [-0.4, -0.2) is 36.4 Å². The van der Waals surface area contributed by atoms with Crippen molar-refractivity contribution < 1.29 is 14.6 Å². The number of ether oxygens (including phenoxy) is 1. The number of carbonyl (C=O) groups is 1. The Bertz CT molecular complexity index is 210. The van der Waals surface area contributed by atoms with E-state index in [1.165, 1.54) is 0 Å². The van der Waals surface area contributed by atoms with Crippen LogP contribution in [0.5, 0.6) is 0 Å². The van der Waals surface area contributed by atoms with Gasteiger partial charge in [0.25, 0.3) is 0 Å². The van der Waals surface area contributed by atoms with E-state index in [9.17, 15) is 9.90 Å². The second-order valence-electron chi connectivity index (χ2n) is 4.39. The molecule has 0 aromatic carbocycles. The van der Waals surface area contributed by atoms with Gasteiger partial charge in [-0.1, -0.05) is 26.7 Å². The molecule has 94 valence electrons. The van der Waals surface area contributed by atoms with E-state index in [1.54, 1.807) is 0 Å². The van der Waals surface area contributed by atoms with E-state index >= 15 is 0 Å². The number of aliphatic hydroxyl groups is 1. The van der Waals surface area contributed by atoms with E-state index in [-0.39, 0.29) is 17.9 Å². The fourth-order valence-electron chi connectivity index (χ4n) is 2.10. The van der Waals surface area contributed by atoms with Crippen LogP contribution in [0.3, 0.4) is 0 Å². The zero-order chi connectivity index (χ0) is 12.0. The first kappa shape index (κ1) is 13.5. The molecule has 0 aromatic heterocycles. The van der Waals surface area contributed by atoms with E-state index in [1.807, 2.05) is 0 Å².